The second-order valence-corrected chi connectivity index (χ2v) is 6.73. The number of hydrogen-bond acceptors (Lipinski definition) is 3. The van der Waals surface area contributed by atoms with Crippen molar-refractivity contribution in [3.05, 3.63) is 34.9 Å². The monoisotopic (exact) mass is 261 g/mol. The van der Waals surface area contributed by atoms with Gasteiger partial charge in [-0.15, -0.1) is 0 Å². The van der Waals surface area contributed by atoms with Crippen LogP contribution in [-0.2, 0) is 15.6 Å². The van der Waals surface area contributed by atoms with E-state index >= 15 is 0 Å². The molecule has 1 aromatic carbocycles. The van der Waals surface area contributed by atoms with Crippen LogP contribution in [0.15, 0.2) is 24.3 Å². The third kappa shape index (κ3) is 3.20. The van der Waals surface area contributed by atoms with E-state index in [4.69, 9.17) is 17.3 Å². The van der Waals surface area contributed by atoms with Crippen molar-refractivity contribution < 1.29 is 8.42 Å². The summed E-state index contributed by atoms with van der Waals surface area (Å²) in [4.78, 5) is 0. The summed E-state index contributed by atoms with van der Waals surface area (Å²) in [5.41, 5.74) is 6.22. The Hall–Kier alpha value is -0.580. The molecule has 0 aliphatic carbocycles. The van der Waals surface area contributed by atoms with Gasteiger partial charge in [0.25, 0.3) is 0 Å². The fraction of sp³-hybridized carbons (Fsp3) is 0.455. The van der Waals surface area contributed by atoms with Gasteiger partial charge in [0, 0.05) is 11.1 Å². The highest BCUT2D eigenvalue weighted by Crippen LogP contribution is 2.20. The van der Waals surface area contributed by atoms with Crippen LogP contribution in [0.3, 0.4) is 0 Å². The van der Waals surface area contributed by atoms with Crippen LogP contribution >= 0.6 is 11.6 Å². The minimum absolute atomic E-state index is 0.0601. The summed E-state index contributed by atoms with van der Waals surface area (Å²) in [6.07, 6.45) is 0. The summed E-state index contributed by atoms with van der Waals surface area (Å²) in [5, 5.41) is -0.0910. The Kier molecular flexibility index (Phi) is 4.35. The molecule has 0 saturated carbocycles. The lowest BCUT2D eigenvalue weighted by Crippen LogP contribution is -2.36. The number of benzene rings is 1. The standard InChI is InChI=1S/C11H16ClNO2S/c1-8(13)9(2)16(14,15)7-10-5-3-4-6-11(10)12/h3-6,8-9H,7,13H2,1-2H3. The Bertz CT molecular complexity index is 457. The summed E-state index contributed by atoms with van der Waals surface area (Å²) in [6, 6.07) is 6.56. The van der Waals surface area contributed by atoms with Crippen molar-refractivity contribution in [3.63, 3.8) is 0 Å². The second-order valence-electron chi connectivity index (χ2n) is 3.96. The minimum atomic E-state index is -3.24. The van der Waals surface area contributed by atoms with Crippen molar-refractivity contribution in [2.45, 2.75) is 30.9 Å². The molecule has 2 N–H and O–H groups in total. The van der Waals surface area contributed by atoms with Gasteiger partial charge in [0.15, 0.2) is 9.84 Å². The van der Waals surface area contributed by atoms with Gasteiger partial charge in [-0.05, 0) is 25.5 Å². The molecule has 16 heavy (non-hydrogen) atoms. The number of sulfone groups is 1. The maximum absolute atomic E-state index is 12.0. The van der Waals surface area contributed by atoms with Gasteiger partial charge >= 0.3 is 0 Å². The smallest absolute Gasteiger partial charge is 0.158 e. The zero-order valence-corrected chi connectivity index (χ0v) is 10.9. The average Bonchev–Trinajstić information content (AvgIpc) is 2.20. The van der Waals surface area contributed by atoms with Crippen LogP contribution in [-0.4, -0.2) is 19.7 Å². The maximum Gasteiger partial charge on any atom is 0.158 e. The third-order valence-electron chi connectivity index (χ3n) is 2.62. The van der Waals surface area contributed by atoms with E-state index in [1.54, 1.807) is 38.1 Å². The van der Waals surface area contributed by atoms with Crippen LogP contribution in [0.25, 0.3) is 0 Å². The summed E-state index contributed by atoms with van der Waals surface area (Å²) in [7, 11) is -3.24. The molecule has 2 atom stereocenters. The lowest BCUT2D eigenvalue weighted by Gasteiger charge is -2.16. The fourth-order valence-corrected chi connectivity index (χ4v) is 3.17. The van der Waals surface area contributed by atoms with E-state index in [1.165, 1.54) is 0 Å². The van der Waals surface area contributed by atoms with Crippen LogP contribution in [0, 0.1) is 0 Å². The van der Waals surface area contributed by atoms with E-state index in [2.05, 4.69) is 0 Å². The van der Waals surface area contributed by atoms with Gasteiger partial charge in [-0.25, -0.2) is 8.42 Å². The highest BCUT2D eigenvalue weighted by atomic mass is 35.5. The summed E-state index contributed by atoms with van der Waals surface area (Å²) >= 11 is 5.92. The zero-order chi connectivity index (χ0) is 12.3. The quantitative estimate of drug-likeness (QED) is 0.902. The van der Waals surface area contributed by atoms with E-state index in [-0.39, 0.29) is 11.8 Å². The molecule has 0 aliphatic heterocycles. The van der Waals surface area contributed by atoms with Crippen LogP contribution in [0.5, 0.6) is 0 Å². The van der Waals surface area contributed by atoms with Crippen LogP contribution in [0.2, 0.25) is 5.02 Å². The Labute approximate surface area is 102 Å². The molecule has 1 rings (SSSR count). The van der Waals surface area contributed by atoms with Crippen LogP contribution in [0.4, 0.5) is 0 Å². The van der Waals surface area contributed by atoms with E-state index in [0.717, 1.165) is 0 Å². The molecule has 0 aliphatic rings. The molecule has 0 saturated heterocycles. The Morgan fingerprint density at radius 3 is 2.38 bits per heavy atom. The van der Waals surface area contributed by atoms with E-state index < -0.39 is 15.1 Å². The van der Waals surface area contributed by atoms with Gasteiger partial charge in [0.1, 0.15) is 0 Å². The Morgan fingerprint density at radius 2 is 1.88 bits per heavy atom. The average molecular weight is 262 g/mol. The zero-order valence-electron chi connectivity index (χ0n) is 9.35. The topological polar surface area (TPSA) is 60.2 Å². The summed E-state index contributed by atoms with van der Waals surface area (Å²) < 4.78 is 23.9. The molecular weight excluding hydrogens is 246 g/mol. The maximum atomic E-state index is 12.0. The molecule has 0 fully saturated rings. The molecule has 0 bridgehead atoms. The molecule has 2 unspecified atom stereocenters. The lowest BCUT2D eigenvalue weighted by atomic mass is 10.2. The first-order valence-corrected chi connectivity index (χ1v) is 7.14. The minimum Gasteiger partial charge on any atom is -0.327 e. The first-order valence-electron chi connectivity index (χ1n) is 5.05. The highest BCUT2D eigenvalue weighted by molar-refractivity contribution is 7.91. The number of nitrogens with two attached hydrogens (primary N) is 1. The van der Waals surface area contributed by atoms with E-state index in [0.29, 0.717) is 10.6 Å². The molecule has 1 aromatic rings. The Balaban J connectivity index is 2.94. The molecule has 90 valence electrons. The normalized spacial score (nSPS) is 15.8. The highest BCUT2D eigenvalue weighted by Gasteiger charge is 2.25. The molecule has 5 heteroatoms. The van der Waals surface area contributed by atoms with Crippen molar-refractivity contribution in [1.82, 2.24) is 0 Å². The van der Waals surface area contributed by atoms with Crippen molar-refractivity contribution in [2.75, 3.05) is 0 Å². The summed E-state index contributed by atoms with van der Waals surface area (Å²) in [6.45, 7) is 3.31. The SMILES string of the molecule is CC(N)C(C)S(=O)(=O)Cc1ccccc1Cl. The molecular formula is C11H16ClNO2S. The second kappa shape index (κ2) is 5.17. The van der Waals surface area contributed by atoms with Crippen molar-refractivity contribution >= 4 is 21.4 Å². The van der Waals surface area contributed by atoms with Gasteiger partial charge < -0.3 is 5.73 Å². The summed E-state index contributed by atoms with van der Waals surface area (Å²) in [5.74, 6) is -0.0601. The number of halogens is 1. The Morgan fingerprint density at radius 1 is 1.31 bits per heavy atom. The number of hydrogen-bond donors (Lipinski definition) is 1. The van der Waals surface area contributed by atoms with Crippen molar-refractivity contribution in [2.24, 2.45) is 5.73 Å². The van der Waals surface area contributed by atoms with Crippen LogP contribution in [0.1, 0.15) is 19.4 Å². The molecule has 0 amide bonds. The predicted molar refractivity (Wildman–Crippen MR) is 67.2 cm³/mol. The van der Waals surface area contributed by atoms with Crippen LogP contribution < -0.4 is 5.73 Å². The van der Waals surface area contributed by atoms with Gasteiger partial charge in [-0.2, -0.15) is 0 Å². The van der Waals surface area contributed by atoms with E-state index in [9.17, 15) is 8.42 Å². The first kappa shape index (κ1) is 13.5. The molecule has 0 heterocycles. The largest absolute Gasteiger partial charge is 0.327 e. The molecule has 0 radical (unpaired) electrons. The van der Waals surface area contributed by atoms with Gasteiger partial charge in [-0.3, -0.25) is 0 Å². The van der Waals surface area contributed by atoms with Gasteiger partial charge in [0.05, 0.1) is 11.0 Å². The third-order valence-corrected chi connectivity index (χ3v) is 5.27. The van der Waals surface area contributed by atoms with Gasteiger partial charge in [0.2, 0.25) is 0 Å². The lowest BCUT2D eigenvalue weighted by molar-refractivity contribution is 0.567. The van der Waals surface area contributed by atoms with Gasteiger partial charge in [-0.1, -0.05) is 29.8 Å². The fourth-order valence-electron chi connectivity index (χ4n) is 1.29. The van der Waals surface area contributed by atoms with Crippen molar-refractivity contribution in [3.8, 4) is 0 Å². The predicted octanol–water partition coefficient (Wildman–Crippen LogP) is 1.99. The molecule has 0 spiro atoms. The van der Waals surface area contributed by atoms with E-state index in [1.807, 2.05) is 0 Å². The molecule has 0 aromatic heterocycles. The van der Waals surface area contributed by atoms with Crippen molar-refractivity contribution in [1.29, 1.82) is 0 Å². The molecule has 3 nitrogen and oxygen atoms in total. The first-order chi connectivity index (χ1) is 7.34. The number of rotatable bonds is 4.